The molecule has 0 aliphatic rings. The van der Waals surface area contributed by atoms with E-state index in [1.165, 1.54) is 12.3 Å². The lowest BCUT2D eigenvalue weighted by atomic mass is 10.3. The fourth-order valence-corrected chi connectivity index (χ4v) is 1.24. The van der Waals surface area contributed by atoms with Crippen molar-refractivity contribution in [2.24, 2.45) is 0 Å². The summed E-state index contributed by atoms with van der Waals surface area (Å²) in [6.45, 7) is 3.96. The Morgan fingerprint density at radius 3 is 2.77 bits per heavy atom. The predicted molar refractivity (Wildman–Crippen MR) is 50.8 cm³/mol. The molecule has 1 heterocycles. The van der Waals surface area contributed by atoms with Gasteiger partial charge in [0.2, 0.25) is 0 Å². The molecule has 13 heavy (non-hydrogen) atoms. The van der Waals surface area contributed by atoms with Crippen molar-refractivity contribution in [3.8, 4) is 0 Å². The zero-order valence-corrected chi connectivity index (χ0v) is 8.13. The van der Waals surface area contributed by atoms with Crippen molar-refractivity contribution in [2.75, 3.05) is 13.6 Å². The number of rotatable bonds is 4. The lowest BCUT2D eigenvalue weighted by Crippen LogP contribution is -2.19. The third-order valence-electron chi connectivity index (χ3n) is 1.83. The highest BCUT2D eigenvalue weighted by atomic mass is 19.1. The second-order valence-electron chi connectivity index (χ2n) is 3.21. The number of aromatic nitrogens is 1. The van der Waals surface area contributed by atoms with Gasteiger partial charge < -0.3 is 4.90 Å². The third-order valence-corrected chi connectivity index (χ3v) is 1.83. The summed E-state index contributed by atoms with van der Waals surface area (Å²) in [5.74, 6) is -0.276. The molecule has 0 saturated carbocycles. The van der Waals surface area contributed by atoms with Crippen LogP contribution in [0.3, 0.4) is 0 Å². The average Bonchev–Trinajstić information content (AvgIpc) is 2.09. The van der Waals surface area contributed by atoms with Crippen LogP contribution in [0.1, 0.15) is 19.0 Å². The summed E-state index contributed by atoms with van der Waals surface area (Å²) in [5, 5.41) is 0. The van der Waals surface area contributed by atoms with Crippen LogP contribution in [0.4, 0.5) is 4.39 Å². The fourth-order valence-electron chi connectivity index (χ4n) is 1.24. The first-order chi connectivity index (χ1) is 6.22. The molecule has 0 spiro atoms. The minimum atomic E-state index is -0.276. The van der Waals surface area contributed by atoms with Gasteiger partial charge in [0, 0.05) is 6.54 Å². The van der Waals surface area contributed by atoms with E-state index >= 15 is 0 Å². The molecule has 0 aliphatic heterocycles. The van der Waals surface area contributed by atoms with Crippen molar-refractivity contribution in [1.82, 2.24) is 9.88 Å². The smallest absolute Gasteiger partial charge is 0.141 e. The molecule has 1 aromatic rings. The van der Waals surface area contributed by atoms with Crippen LogP contribution in [-0.4, -0.2) is 23.5 Å². The number of hydrogen-bond donors (Lipinski definition) is 0. The Bertz CT molecular complexity index is 246. The van der Waals surface area contributed by atoms with Gasteiger partial charge in [-0.05, 0) is 32.1 Å². The average molecular weight is 182 g/mol. The van der Waals surface area contributed by atoms with Gasteiger partial charge in [0.15, 0.2) is 0 Å². The molecule has 0 N–H and O–H groups in total. The van der Waals surface area contributed by atoms with Crippen LogP contribution in [0.15, 0.2) is 18.3 Å². The molecular weight excluding hydrogens is 167 g/mol. The molecule has 1 rings (SSSR count). The molecule has 0 radical (unpaired) electrons. The molecule has 0 amide bonds. The van der Waals surface area contributed by atoms with Gasteiger partial charge in [0.05, 0.1) is 11.9 Å². The number of pyridine rings is 1. The van der Waals surface area contributed by atoms with Crippen molar-refractivity contribution in [2.45, 2.75) is 19.9 Å². The lowest BCUT2D eigenvalue weighted by molar-refractivity contribution is 0.323. The van der Waals surface area contributed by atoms with Gasteiger partial charge in [0.25, 0.3) is 0 Å². The molecular formula is C10H15FN2. The van der Waals surface area contributed by atoms with Gasteiger partial charge in [-0.1, -0.05) is 6.92 Å². The van der Waals surface area contributed by atoms with E-state index < -0.39 is 0 Å². The minimum Gasteiger partial charge on any atom is -0.301 e. The first kappa shape index (κ1) is 10.1. The van der Waals surface area contributed by atoms with Gasteiger partial charge in [-0.3, -0.25) is 4.98 Å². The normalized spacial score (nSPS) is 10.8. The van der Waals surface area contributed by atoms with Gasteiger partial charge in [-0.25, -0.2) is 4.39 Å². The molecule has 1 aromatic heterocycles. The maximum absolute atomic E-state index is 12.5. The van der Waals surface area contributed by atoms with Crippen LogP contribution in [0.25, 0.3) is 0 Å². The van der Waals surface area contributed by atoms with Crippen LogP contribution in [0.2, 0.25) is 0 Å². The van der Waals surface area contributed by atoms with Gasteiger partial charge in [-0.2, -0.15) is 0 Å². The SMILES string of the molecule is CCCN(C)Cc1ccc(F)cn1. The Hall–Kier alpha value is -0.960. The zero-order valence-electron chi connectivity index (χ0n) is 8.13. The van der Waals surface area contributed by atoms with Crippen LogP contribution < -0.4 is 0 Å². The summed E-state index contributed by atoms with van der Waals surface area (Å²) in [4.78, 5) is 6.15. The standard InChI is InChI=1S/C10H15FN2/c1-3-6-13(2)8-10-5-4-9(11)7-12-10/h4-5,7H,3,6,8H2,1-2H3. The summed E-state index contributed by atoms with van der Waals surface area (Å²) in [7, 11) is 2.04. The van der Waals surface area contributed by atoms with E-state index in [9.17, 15) is 4.39 Å². The predicted octanol–water partition coefficient (Wildman–Crippen LogP) is 2.06. The van der Waals surface area contributed by atoms with E-state index in [-0.39, 0.29) is 5.82 Å². The summed E-state index contributed by atoms with van der Waals surface area (Å²) < 4.78 is 12.5. The highest BCUT2D eigenvalue weighted by Gasteiger charge is 1.99. The Balaban J connectivity index is 2.49. The molecule has 3 heteroatoms. The monoisotopic (exact) mass is 182 g/mol. The third kappa shape index (κ3) is 3.51. The molecule has 0 aromatic carbocycles. The number of halogens is 1. The van der Waals surface area contributed by atoms with Crippen LogP contribution in [0, 0.1) is 5.82 Å². The Morgan fingerprint density at radius 1 is 1.46 bits per heavy atom. The number of hydrogen-bond acceptors (Lipinski definition) is 2. The molecule has 0 fully saturated rings. The van der Waals surface area contributed by atoms with Crippen LogP contribution >= 0.6 is 0 Å². The second kappa shape index (κ2) is 4.92. The summed E-state index contributed by atoms with van der Waals surface area (Å²) in [6.07, 6.45) is 2.38. The van der Waals surface area contributed by atoms with Crippen LogP contribution in [0.5, 0.6) is 0 Å². The van der Waals surface area contributed by atoms with Gasteiger partial charge in [0.1, 0.15) is 5.82 Å². The molecule has 0 unspecified atom stereocenters. The van der Waals surface area contributed by atoms with E-state index in [0.717, 1.165) is 25.2 Å². The van der Waals surface area contributed by atoms with E-state index in [1.807, 2.05) is 7.05 Å². The minimum absolute atomic E-state index is 0.276. The molecule has 2 nitrogen and oxygen atoms in total. The molecule has 72 valence electrons. The highest BCUT2D eigenvalue weighted by Crippen LogP contribution is 2.01. The first-order valence-corrected chi connectivity index (χ1v) is 4.51. The van der Waals surface area contributed by atoms with Crippen molar-refractivity contribution in [1.29, 1.82) is 0 Å². The second-order valence-corrected chi connectivity index (χ2v) is 3.21. The zero-order chi connectivity index (χ0) is 9.68. The maximum atomic E-state index is 12.5. The lowest BCUT2D eigenvalue weighted by Gasteiger charge is -2.14. The van der Waals surface area contributed by atoms with Crippen molar-refractivity contribution in [3.05, 3.63) is 29.8 Å². The van der Waals surface area contributed by atoms with E-state index in [4.69, 9.17) is 0 Å². The Labute approximate surface area is 78.4 Å². The quantitative estimate of drug-likeness (QED) is 0.708. The van der Waals surface area contributed by atoms with E-state index in [2.05, 4.69) is 16.8 Å². The van der Waals surface area contributed by atoms with Crippen molar-refractivity contribution >= 4 is 0 Å². The van der Waals surface area contributed by atoms with Crippen molar-refractivity contribution < 1.29 is 4.39 Å². The van der Waals surface area contributed by atoms with Gasteiger partial charge >= 0.3 is 0 Å². The summed E-state index contributed by atoms with van der Waals surface area (Å²) >= 11 is 0. The largest absolute Gasteiger partial charge is 0.301 e. The highest BCUT2D eigenvalue weighted by molar-refractivity contribution is 5.04. The van der Waals surface area contributed by atoms with E-state index in [0.29, 0.717) is 0 Å². The summed E-state index contributed by atoms with van der Waals surface area (Å²) in [5.41, 5.74) is 0.914. The van der Waals surface area contributed by atoms with Gasteiger partial charge in [-0.15, -0.1) is 0 Å². The summed E-state index contributed by atoms with van der Waals surface area (Å²) in [6, 6.07) is 3.17. The van der Waals surface area contributed by atoms with Crippen LogP contribution in [-0.2, 0) is 6.54 Å². The Morgan fingerprint density at radius 2 is 2.23 bits per heavy atom. The molecule has 0 aliphatic carbocycles. The topological polar surface area (TPSA) is 16.1 Å². The Kier molecular flexibility index (Phi) is 3.83. The van der Waals surface area contributed by atoms with Crippen molar-refractivity contribution in [3.63, 3.8) is 0 Å². The molecule has 0 saturated heterocycles. The van der Waals surface area contributed by atoms with E-state index in [1.54, 1.807) is 6.07 Å². The molecule has 0 atom stereocenters. The number of nitrogens with zero attached hydrogens (tertiary/aromatic N) is 2. The fraction of sp³-hybridized carbons (Fsp3) is 0.500. The molecule has 0 bridgehead atoms. The maximum Gasteiger partial charge on any atom is 0.141 e. The first-order valence-electron chi connectivity index (χ1n) is 4.51.